The maximum absolute atomic E-state index is 13.9. The summed E-state index contributed by atoms with van der Waals surface area (Å²) < 4.78 is 19.5. The molecule has 1 heterocycles. The Balaban J connectivity index is 1.69. The van der Waals surface area contributed by atoms with Gasteiger partial charge >= 0.3 is 6.03 Å². The molecule has 1 atom stereocenters. The van der Waals surface area contributed by atoms with Crippen molar-refractivity contribution in [2.24, 2.45) is 0 Å². The zero-order valence-corrected chi connectivity index (χ0v) is 14.0. The van der Waals surface area contributed by atoms with Gasteiger partial charge in [-0.25, -0.2) is 9.18 Å². The summed E-state index contributed by atoms with van der Waals surface area (Å²) in [5, 5.41) is 3.29. The van der Waals surface area contributed by atoms with Gasteiger partial charge in [-0.15, -0.1) is 0 Å². The van der Waals surface area contributed by atoms with Crippen LogP contribution in [0, 0.1) is 5.82 Å². The Morgan fingerprint density at radius 3 is 2.92 bits per heavy atom. The number of nitrogens with one attached hydrogen (secondary N) is 1. The summed E-state index contributed by atoms with van der Waals surface area (Å²) >= 11 is 6.02. The SMILES string of the molecule is CN(Cc1c(F)cccc1Cl)C(=O)N[C@@H]1CCOc2ccccc21. The average molecular weight is 349 g/mol. The summed E-state index contributed by atoms with van der Waals surface area (Å²) in [5.41, 5.74) is 1.26. The number of para-hydroxylation sites is 1. The van der Waals surface area contributed by atoms with Crippen molar-refractivity contribution in [1.82, 2.24) is 10.2 Å². The Morgan fingerprint density at radius 2 is 2.12 bits per heavy atom. The third-order valence-electron chi connectivity index (χ3n) is 4.06. The number of rotatable bonds is 3. The average Bonchev–Trinajstić information content (AvgIpc) is 2.58. The first-order valence-corrected chi connectivity index (χ1v) is 8.10. The molecule has 1 N–H and O–H groups in total. The number of benzene rings is 2. The van der Waals surface area contributed by atoms with Crippen LogP contribution in [0.5, 0.6) is 5.75 Å². The molecule has 2 amide bonds. The van der Waals surface area contributed by atoms with E-state index in [0.717, 1.165) is 11.3 Å². The molecule has 2 aromatic rings. The number of urea groups is 1. The van der Waals surface area contributed by atoms with Crippen molar-refractivity contribution in [2.45, 2.75) is 19.0 Å². The van der Waals surface area contributed by atoms with Crippen LogP contribution in [0.1, 0.15) is 23.6 Å². The molecule has 2 aromatic carbocycles. The molecule has 3 rings (SSSR count). The van der Waals surface area contributed by atoms with Gasteiger partial charge in [0.1, 0.15) is 11.6 Å². The summed E-state index contributed by atoms with van der Waals surface area (Å²) in [7, 11) is 1.61. The van der Waals surface area contributed by atoms with Gasteiger partial charge in [0.2, 0.25) is 0 Å². The maximum Gasteiger partial charge on any atom is 0.317 e. The standard InChI is InChI=1S/C18H18ClFN2O2/c1-22(11-13-14(19)6-4-7-15(13)20)18(23)21-16-9-10-24-17-8-3-2-5-12(16)17/h2-8,16H,9-11H2,1H3,(H,21,23)/t16-/m1/s1. The number of hydrogen-bond acceptors (Lipinski definition) is 2. The highest BCUT2D eigenvalue weighted by Gasteiger charge is 2.24. The lowest BCUT2D eigenvalue weighted by Crippen LogP contribution is -2.40. The first-order valence-electron chi connectivity index (χ1n) is 7.72. The molecule has 0 radical (unpaired) electrons. The van der Waals surface area contributed by atoms with Crippen LogP contribution in [0.3, 0.4) is 0 Å². The number of carbonyl (C=O) groups excluding carboxylic acids is 1. The number of halogens is 2. The number of amides is 2. The lowest BCUT2D eigenvalue weighted by molar-refractivity contribution is 0.193. The fourth-order valence-corrected chi connectivity index (χ4v) is 2.97. The summed E-state index contributed by atoms with van der Waals surface area (Å²) in [4.78, 5) is 13.9. The van der Waals surface area contributed by atoms with E-state index in [1.165, 1.54) is 11.0 Å². The van der Waals surface area contributed by atoms with Gasteiger partial charge in [-0.1, -0.05) is 35.9 Å². The predicted molar refractivity (Wildman–Crippen MR) is 90.7 cm³/mol. The molecule has 0 aliphatic carbocycles. The molecule has 0 fully saturated rings. The first kappa shape index (κ1) is 16.6. The fraction of sp³-hybridized carbons (Fsp3) is 0.278. The van der Waals surface area contributed by atoms with E-state index in [9.17, 15) is 9.18 Å². The molecular formula is C18H18ClFN2O2. The molecule has 0 saturated carbocycles. The Morgan fingerprint density at radius 1 is 1.33 bits per heavy atom. The maximum atomic E-state index is 13.9. The van der Waals surface area contributed by atoms with Crippen molar-refractivity contribution in [2.75, 3.05) is 13.7 Å². The minimum absolute atomic E-state index is 0.0994. The Hall–Kier alpha value is -2.27. The van der Waals surface area contributed by atoms with E-state index < -0.39 is 5.82 Å². The third kappa shape index (κ3) is 3.46. The normalized spacial score (nSPS) is 16.0. The molecule has 0 spiro atoms. The predicted octanol–water partition coefficient (Wildman–Crippen LogP) is 4.14. The molecule has 126 valence electrons. The van der Waals surface area contributed by atoms with Gasteiger partial charge < -0.3 is 15.0 Å². The van der Waals surface area contributed by atoms with Crippen molar-refractivity contribution in [3.8, 4) is 5.75 Å². The highest BCUT2D eigenvalue weighted by molar-refractivity contribution is 6.31. The zero-order chi connectivity index (χ0) is 17.1. The lowest BCUT2D eigenvalue weighted by Gasteiger charge is -2.28. The Bertz CT molecular complexity index is 733. The van der Waals surface area contributed by atoms with E-state index in [0.29, 0.717) is 23.6 Å². The minimum atomic E-state index is -0.418. The number of ether oxygens (including phenoxy) is 1. The van der Waals surface area contributed by atoms with Gasteiger partial charge in [0.25, 0.3) is 0 Å². The second-order valence-corrected chi connectivity index (χ2v) is 6.14. The van der Waals surface area contributed by atoms with Crippen LogP contribution in [0.2, 0.25) is 5.02 Å². The molecular weight excluding hydrogens is 331 g/mol. The lowest BCUT2D eigenvalue weighted by atomic mass is 10.0. The molecule has 0 bridgehead atoms. The van der Waals surface area contributed by atoms with E-state index in [1.807, 2.05) is 24.3 Å². The van der Waals surface area contributed by atoms with E-state index >= 15 is 0 Å². The van der Waals surface area contributed by atoms with Gasteiger partial charge in [0.05, 0.1) is 19.2 Å². The monoisotopic (exact) mass is 348 g/mol. The van der Waals surface area contributed by atoms with Crippen LogP contribution in [0.15, 0.2) is 42.5 Å². The highest BCUT2D eigenvalue weighted by Crippen LogP contribution is 2.31. The Kier molecular flexibility index (Phi) is 4.90. The van der Waals surface area contributed by atoms with Crippen LogP contribution < -0.4 is 10.1 Å². The second kappa shape index (κ2) is 7.09. The van der Waals surface area contributed by atoms with Gasteiger partial charge in [-0.2, -0.15) is 0 Å². The van der Waals surface area contributed by atoms with Crippen LogP contribution >= 0.6 is 11.6 Å². The highest BCUT2D eigenvalue weighted by atomic mass is 35.5. The summed E-state index contributed by atoms with van der Waals surface area (Å²) in [6, 6.07) is 11.7. The van der Waals surface area contributed by atoms with Crippen molar-refractivity contribution < 1.29 is 13.9 Å². The van der Waals surface area contributed by atoms with E-state index in [1.54, 1.807) is 19.2 Å². The minimum Gasteiger partial charge on any atom is -0.493 e. The molecule has 24 heavy (non-hydrogen) atoms. The van der Waals surface area contributed by atoms with E-state index in [-0.39, 0.29) is 18.6 Å². The van der Waals surface area contributed by atoms with Gasteiger partial charge in [0.15, 0.2) is 0 Å². The van der Waals surface area contributed by atoms with Crippen molar-refractivity contribution in [1.29, 1.82) is 0 Å². The quantitative estimate of drug-likeness (QED) is 0.905. The van der Waals surface area contributed by atoms with Gasteiger partial charge in [-0.3, -0.25) is 0 Å². The molecule has 0 aromatic heterocycles. The van der Waals surface area contributed by atoms with Crippen LogP contribution in [0.25, 0.3) is 0 Å². The molecule has 1 aliphatic heterocycles. The molecule has 0 unspecified atom stereocenters. The fourth-order valence-electron chi connectivity index (χ4n) is 2.74. The van der Waals surface area contributed by atoms with E-state index in [2.05, 4.69) is 5.32 Å². The first-order chi connectivity index (χ1) is 11.6. The summed E-state index contributed by atoms with van der Waals surface area (Å²) in [6.45, 7) is 0.646. The summed E-state index contributed by atoms with van der Waals surface area (Å²) in [6.07, 6.45) is 0.692. The number of nitrogens with zero attached hydrogens (tertiary/aromatic N) is 1. The van der Waals surface area contributed by atoms with Crippen LogP contribution in [0.4, 0.5) is 9.18 Å². The molecule has 0 saturated heterocycles. The van der Waals surface area contributed by atoms with E-state index in [4.69, 9.17) is 16.3 Å². The number of carbonyl (C=O) groups is 1. The number of fused-ring (bicyclic) bond motifs is 1. The number of hydrogen-bond donors (Lipinski definition) is 1. The Labute approximate surface area is 145 Å². The summed E-state index contributed by atoms with van der Waals surface area (Å²) in [5.74, 6) is 0.368. The largest absolute Gasteiger partial charge is 0.493 e. The zero-order valence-electron chi connectivity index (χ0n) is 13.3. The second-order valence-electron chi connectivity index (χ2n) is 5.73. The third-order valence-corrected chi connectivity index (χ3v) is 4.41. The molecule has 4 nitrogen and oxygen atoms in total. The van der Waals surface area contributed by atoms with Gasteiger partial charge in [-0.05, 0) is 18.2 Å². The van der Waals surface area contributed by atoms with Crippen molar-refractivity contribution in [3.63, 3.8) is 0 Å². The molecule has 1 aliphatic rings. The van der Waals surface area contributed by atoms with Crippen molar-refractivity contribution >= 4 is 17.6 Å². The topological polar surface area (TPSA) is 41.6 Å². The smallest absolute Gasteiger partial charge is 0.317 e. The van der Waals surface area contributed by atoms with Crippen LogP contribution in [-0.4, -0.2) is 24.6 Å². The van der Waals surface area contributed by atoms with Gasteiger partial charge in [0, 0.05) is 29.6 Å². The molecule has 6 heteroatoms. The van der Waals surface area contributed by atoms with Crippen LogP contribution in [-0.2, 0) is 6.54 Å². The van der Waals surface area contributed by atoms with Crippen molar-refractivity contribution in [3.05, 3.63) is 64.4 Å².